The number of nitrogens with zero attached hydrogens (tertiary/aromatic N) is 2. The van der Waals surface area contributed by atoms with Crippen LogP contribution < -0.4 is 15.6 Å². The number of benzene rings is 2. The Morgan fingerprint density at radius 2 is 1.79 bits per heavy atom. The fourth-order valence-corrected chi connectivity index (χ4v) is 4.10. The summed E-state index contributed by atoms with van der Waals surface area (Å²) in [5.41, 5.74) is 0.778. The first-order valence-electron chi connectivity index (χ1n) is 10.9. The van der Waals surface area contributed by atoms with Crippen LogP contribution >= 0.6 is 11.6 Å². The predicted octanol–water partition coefficient (Wildman–Crippen LogP) is 3.45. The molecule has 1 aliphatic rings. The third kappa shape index (κ3) is 5.80. The highest BCUT2D eigenvalue weighted by Gasteiger charge is 2.35. The van der Waals surface area contributed by atoms with Crippen molar-refractivity contribution in [2.75, 3.05) is 26.4 Å². The lowest BCUT2D eigenvalue weighted by Gasteiger charge is -2.38. The quantitative estimate of drug-likeness (QED) is 0.548. The van der Waals surface area contributed by atoms with Gasteiger partial charge in [-0.1, -0.05) is 41.9 Å². The monoisotopic (exact) mass is 467 g/mol. The van der Waals surface area contributed by atoms with Crippen molar-refractivity contribution in [1.82, 2.24) is 15.1 Å². The van der Waals surface area contributed by atoms with E-state index >= 15 is 0 Å². The highest BCUT2D eigenvalue weighted by atomic mass is 35.5. The number of amides is 1. The molecule has 8 heteroatoms. The summed E-state index contributed by atoms with van der Waals surface area (Å²) in [7, 11) is 0. The molecule has 0 aliphatic carbocycles. The van der Waals surface area contributed by atoms with Crippen molar-refractivity contribution in [2.45, 2.75) is 24.8 Å². The van der Waals surface area contributed by atoms with Gasteiger partial charge in [-0.15, -0.1) is 0 Å². The van der Waals surface area contributed by atoms with E-state index in [9.17, 15) is 9.59 Å². The van der Waals surface area contributed by atoms with Crippen molar-refractivity contribution < 1.29 is 14.3 Å². The molecule has 2 heterocycles. The van der Waals surface area contributed by atoms with Crippen molar-refractivity contribution in [3.8, 4) is 5.75 Å². The summed E-state index contributed by atoms with van der Waals surface area (Å²) in [5.74, 6) is 0.385. The van der Waals surface area contributed by atoms with E-state index in [1.54, 1.807) is 0 Å². The first kappa shape index (κ1) is 23.0. The minimum absolute atomic E-state index is 0.188. The second kappa shape index (κ2) is 10.6. The molecule has 172 valence electrons. The van der Waals surface area contributed by atoms with E-state index in [-0.39, 0.29) is 35.7 Å². The van der Waals surface area contributed by atoms with Crippen LogP contribution in [0.15, 0.2) is 71.5 Å². The average Bonchev–Trinajstić information content (AvgIpc) is 2.85. The highest BCUT2D eigenvalue weighted by molar-refractivity contribution is 6.30. The second-order valence-electron chi connectivity index (χ2n) is 8.02. The summed E-state index contributed by atoms with van der Waals surface area (Å²) in [4.78, 5) is 25.1. The molecule has 0 bridgehead atoms. The van der Waals surface area contributed by atoms with E-state index in [0.717, 1.165) is 18.4 Å². The van der Waals surface area contributed by atoms with Crippen LogP contribution in [0.25, 0.3) is 0 Å². The Morgan fingerprint density at radius 1 is 1.06 bits per heavy atom. The summed E-state index contributed by atoms with van der Waals surface area (Å²) in [6.45, 7) is 2.20. The van der Waals surface area contributed by atoms with Crippen molar-refractivity contribution in [3.05, 3.63) is 93.4 Å². The van der Waals surface area contributed by atoms with E-state index in [1.807, 2.05) is 54.6 Å². The summed E-state index contributed by atoms with van der Waals surface area (Å²) >= 11 is 6.06. The fraction of sp³-hybridized carbons (Fsp3) is 0.320. The van der Waals surface area contributed by atoms with Gasteiger partial charge in [-0.3, -0.25) is 9.59 Å². The Kier molecular flexibility index (Phi) is 7.42. The van der Waals surface area contributed by atoms with E-state index < -0.39 is 0 Å². The van der Waals surface area contributed by atoms with Crippen molar-refractivity contribution in [2.24, 2.45) is 0 Å². The standard InChI is InChI=1S/C25H26ClN3O4/c26-20-8-6-19(7-9-20)25(12-15-32-16-13-25)18-27-24(31)22-10-11-23(30)29(28-22)14-17-33-21-4-2-1-3-5-21/h1-11H,12-18H2,(H,27,31). The Labute approximate surface area is 197 Å². The molecule has 0 unspecified atom stereocenters. The number of ether oxygens (including phenoxy) is 2. The molecule has 1 fully saturated rings. The Hall–Kier alpha value is -3.16. The largest absolute Gasteiger partial charge is 0.492 e. The number of rotatable bonds is 8. The topological polar surface area (TPSA) is 82.5 Å². The maximum Gasteiger partial charge on any atom is 0.271 e. The third-order valence-electron chi connectivity index (χ3n) is 5.91. The Morgan fingerprint density at radius 3 is 2.52 bits per heavy atom. The number of para-hydroxylation sites is 1. The number of aromatic nitrogens is 2. The fourth-order valence-electron chi connectivity index (χ4n) is 3.97. The molecule has 1 amide bonds. The van der Waals surface area contributed by atoms with Crippen LogP contribution in [-0.2, 0) is 16.7 Å². The molecule has 4 rings (SSSR count). The molecule has 1 aliphatic heterocycles. The van der Waals surface area contributed by atoms with Crippen LogP contribution in [0.5, 0.6) is 5.75 Å². The highest BCUT2D eigenvalue weighted by Crippen LogP contribution is 2.35. The molecule has 3 aromatic rings. The molecule has 1 aromatic heterocycles. The second-order valence-corrected chi connectivity index (χ2v) is 8.46. The molecule has 33 heavy (non-hydrogen) atoms. The molecule has 0 saturated carbocycles. The van der Waals surface area contributed by atoms with Crippen LogP contribution in [0, 0.1) is 0 Å². The smallest absolute Gasteiger partial charge is 0.271 e. The minimum atomic E-state index is -0.326. The van der Waals surface area contributed by atoms with Gasteiger partial charge in [0.25, 0.3) is 11.5 Å². The average molecular weight is 468 g/mol. The van der Waals surface area contributed by atoms with E-state index in [0.29, 0.717) is 30.5 Å². The SMILES string of the molecule is O=C(NCC1(c2ccc(Cl)cc2)CCOCC1)c1ccc(=O)n(CCOc2ccccc2)n1. The number of nitrogens with one attached hydrogen (secondary N) is 1. The normalized spacial score (nSPS) is 15.1. The number of halogens is 1. The number of hydrogen-bond acceptors (Lipinski definition) is 5. The van der Waals surface area contributed by atoms with E-state index in [1.165, 1.54) is 16.8 Å². The van der Waals surface area contributed by atoms with Gasteiger partial charge in [-0.05, 0) is 48.7 Å². The summed E-state index contributed by atoms with van der Waals surface area (Å²) in [6, 6.07) is 19.9. The molecular formula is C25H26ClN3O4. The van der Waals surface area contributed by atoms with Crippen LogP contribution in [0.2, 0.25) is 5.02 Å². The van der Waals surface area contributed by atoms with Gasteiger partial charge in [0.15, 0.2) is 0 Å². The van der Waals surface area contributed by atoms with Crippen molar-refractivity contribution >= 4 is 17.5 Å². The molecule has 7 nitrogen and oxygen atoms in total. The predicted molar refractivity (Wildman–Crippen MR) is 126 cm³/mol. The molecule has 0 atom stereocenters. The summed E-state index contributed by atoms with van der Waals surface area (Å²) in [5, 5.41) is 7.93. The molecule has 0 radical (unpaired) electrons. The van der Waals surface area contributed by atoms with Crippen LogP contribution in [-0.4, -0.2) is 42.1 Å². The van der Waals surface area contributed by atoms with Gasteiger partial charge in [-0.25, -0.2) is 4.68 Å². The van der Waals surface area contributed by atoms with Gasteiger partial charge in [0.1, 0.15) is 18.1 Å². The third-order valence-corrected chi connectivity index (χ3v) is 6.16. The number of carbonyl (C=O) groups excluding carboxylic acids is 1. The molecule has 1 saturated heterocycles. The lowest BCUT2D eigenvalue weighted by Crippen LogP contribution is -2.45. The van der Waals surface area contributed by atoms with Crippen LogP contribution in [0.1, 0.15) is 28.9 Å². The molecule has 0 spiro atoms. The van der Waals surface area contributed by atoms with Gasteiger partial charge in [0.05, 0.1) is 6.54 Å². The lowest BCUT2D eigenvalue weighted by molar-refractivity contribution is 0.0486. The van der Waals surface area contributed by atoms with Gasteiger partial charge in [-0.2, -0.15) is 5.10 Å². The maximum atomic E-state index is 12.9. The first-order valence-corrected chi connectivity index (χ1v) is 11.3. The number of hydrogen-bond donors (Lipinski definition) is 1. The Bertz CT molecular complexity index is 1130. The number of carbonyl (C=O) groups is 1. The van der Waals surface area contributed by atoms with Crippen LogP contribution in [0.4, 0.5) is 0 Å². The molecular weight excluding hydrogens is 442 g/mol. The van der Waals surface area contributed by atoms with Crippen molar-refractivity contribution in [1.29, 1.82) is 0 Å². The van der Waals surface area contributed by atoms with Gasteiger partial charge in [0.2, 0.25) is 0 Å². The maximum absolute atomic E-state index is 12.9. The first-order chi connectivity index (χ1) is 16.1. The van der Waals surface area contributed by atoms with E-state index in [4.69, 9.17) is 21.1 Å². The Balaban J connectivity index is 1.42. The lowest BCUT2D eigenvalue weighted by atomic mass is 9.74. The van der Waals surface area contributed by atoms with Gasteiger partial charge < -0.3 is 14.8 Å². The van der Waals surface area contributed by atoms with E-state index in [2.05, 4.69) is 10.4 Å². The zero-order valence-corrected chi connectivity index (χ0v) is 19.0. The van der Waals surface area contributed by atoms with Gasteiger partial charge in [0, 0.05) is 36.3 Å². The minimum Gasteiger partial charge on any atom is -0.492 e. The zero-order valence-electron chi connectivity index (χ0n) is 18.2. The molecule has 2 aromatic carbocycles. The van der Waals surface area contributed by atoms with Crippen molar-refractivity contribution in [3.63, 3.8) is 0 Å². The summed E-state index contributed by atoms with van der Waals surface area (Å²) < 4.78 is 12.5. The molecule has 1 N–H and O–H groups in total. The zero-order chi connectivity index (χ0) is 23.1. The van der Waals surface area contributed by atoms with Gasteiger partial charge >= 0.3 is 0 Å². The summed E-state index contributed by atoms with van der Waals surface area (Å²) in [6.07, 6.45) is 1.58. The van der Waals surface area contributed by atoms with Crippen LogP contribution in [0.3, 0.4) is 0 Å².